The molecule has 116 valence electrons. The first-order valence-corrected chi connectivity index (χ1v) is 7.37. The fraction of sp³-hybridized carbons (Fsp3) is 0.562. The molecule has 0 atom stereocenters. The highest BCUT2D eigenvalue weighted by atomic mass is 16.5. The summed E-state index contributed by atoms with van der Waals surface area (Å²) < 4.78 is 5.27. The summed E-state index contributed by atoms with van der Waals surface area (Å²) in [7, 11) is 1.64. The number of piperidine rings is 1. The van der Waals surface area contributed by atoms with Crippen LogP contribution in [0.4, 0.5) is 0 Å². The molecule has 5 heteroatoms. The van der Waals surface area contributed by atoms with Gasteiger partial charge in [0.2, 0.25) is 5.91 Å². The number of carbonyl (C=O) groups excluding carboxylic acids is 1. The van der Waals surface area contributed by atoms with Gasteiger partial charge in [-0.3, -0.25) is 4.79 Å². The van der Waals surface area contributed by atoms with Crippen molar-refractivity contribution >= 4 is 5.91 Å². The van der Waals surface area contributed by atoms with Crippen molar-refractivity contribution in [1.29, 1.82) is 0 Å². The number of ether oxygens (including phenoxy) is 1. The Morgan fingerprint density at radius 1 is 1.38 bits per heavy atom. The fourth-order valence-electron chi connectivity index (χ4n) is 2.83. The Kier molecular flexibility index (Phi) is 5.73. The monoisotopic (exact) mass is 292 g/mol. The summed E-state index contributed by atoms with van der Waals surface area (Å²) in [6.07, 6.45) is 1.59. The molecular weight excluding hydrogens is 268 g/mol. The van der Waals surface area contributed by atoms with Crippen molar-refractivity contribution in [1.82, 2.24) is 10.6 Å². The molecule has 0 radical (unpaired) electrons. The lowest BCUT2D eigenvalue weighted by molar-refractivity contribution is -0.136. The Labute approximate surface area is 125 Å². The van der Waals surface area contributed by atoms with Crippen molar-refractivity contribution in [3.05, 3.63) is 35.4 Å². The zero-order valence-electron chi connectivity index (χ0n) is 12.5. The van der Waals surface area contributed by atoms with Gasteiger partial charge in [-0.05, 0) is 37.1 Å². The number of methoxy groups -OCH3 is 1. The summed E-state index contributed by atoms with van der Waals surface area (Å²) in [5.41, 5.74) is 1.43. The summed E-state index contributed by atoms with van der Waals surface area (Å²) >= 11 is 0. The van der Waals surface area contributed by atoms with Crippen LogP contribution in [0.1, 0.15) is 24.0 Å². The lowest BCUT2D eigenvalue weighted by atomic mass is 9.78. The maximum Gasteiger partial charge on any atom is 0.228 e. The summed E-state index contributed by atoms with van der Waals surface area (Å²) in [5, 5.41) is 15.4. The Morgan fingerprint density at radius 2 is 2.10 bits per heavy atom. The second kappa shape index (κ2) is 7.54. The van der Waals surface area contributed by atoms with Crippen molar-refractivity contribution in [3.63, 3.8) is 0 Å². The van der Waals surface area contributed by atoms with Crippen molar-refractivity contribution < 1.29 is 14.6 Å². The molecule has 1 amide bonds. The van der Waals surface area contributed by atoms with E-state index >= 15 is 0 Å². The van der Waals surface area contributed by atoms with Gasteiger partial charge in [-0.2, -0.15) is 0 Å². The molecule has 1 aromatic rings. The van der Waals surface area contributed by atoms with Gasteiger partial charge >= 0.3 is 0 Å². The molecule has 1 fully saturated rings. The molecule has 1 aromatic carbocycles. The van der Waals surface area contributed by atoms with E-state index in [1.165, 1.54) is 0 Å². The zero-order chi connectivity index (χ0) is 15.1. The van der Waals surface area contributed by atoms with Crippen LogP contribution in [0, 0.1) is 5.41 Å². The zero-order valence-corrected chi connectivity index (χ0v) is 12.5. The summed E-state index contributed by atoms with van der Waals surface area (Å²) in [6.45, 7) is 2.64. The first-order valence-electron chi connectivity index (χ1n) is 7.37. The van der Waals surface area contributed by atoms with Crippen LogP contribution in [0.5, 0.6) is 0 Å². The van der Waals surface area contributed by atoms with Gasteiger partial charge in [0, 0.05) is 13.7 Å². The smallest absolute Gasteiger partial charge is 0.228 e. The van der Waals surface area contributed by atoms with E-state index in [9.17, 15) is 4.79 Å². The van der Waals surface area contributed by atoms with E-state index in [2.05, 4.69) is 10.6 Å². The van der Waals surface area contributed by atoms with Gasteiger partial charge in [-0.1, -0.05) is 24.3 Å². The third kappa shape index (κ3) is 4.03. The molecule has 0 aliphatic carbocycles. The quantitative estimate of drug-likeness (QED) is 0.726. The molecule has 0 spiro atoms. The van der Waals surface area contributed by atoms with Gasteiger partial charge in [0.15, 0.2) is 0 Å². The van der Waals surface area contributed by atoms with Gasteiger partial charge in [-0.15, -0.1) is 0 Å². The predicted molar refractivity (Wildman–Crippen MR) is 80.6 cm³/mol. The summed E-state index contributed by atoms with van der Waals surface area (Å²) in [4.78, 5) is 12.6. The lowest BCUT2D eigenvalue weighted by Crippen LogP contribution is -2.49. The third-order valence-electron chi connectivity index (χ3n) is 4.09. The van der Waals surface area contributed by atoms with E-state index in [4.69, 9.17) is 9.84 Å². The van der Waals surface area contributed by atoms with Crippen LogP contribution >= 0.6 is 0 Å². The van der Waals surface area contributed by atoms with Gasteiger partial charge in [0.05, 0.1) is 18.6 Å². The number of hydrogen-bond donors (Lipinski definition) is 3. The molecule has 1 saturated heterocycles. The third-order valence-corrected chi connectivity index (χ3v) is 4.09. The summed E-state index contributed by atoms with van der Waals surface area (Å²) in [6, 6.07) is 7.61. The van der Waals surface area contributed by atoms with Gasteiger partial charge in [0.25, 0.3) is 0 Å². The Hall–Kier alpha value is -1.43. The van der Waals surface area contributed by atoms with Crippen LogP contribution < -0.4 is 10.6 Å². The number of aliphatic hydroxyl groups excluding tert-OH is 1. The fourth-order valence-corrected chi connectivity index (χ4v) is 2.83. The van der Waals surface area contributed by atoms with Crippen molar-refractivity contribution in [2.75, 3.05) is 26.8 Å². The highest BCUT2D eigenvalue weighted by Crippen LogP contribution is 2.29. The van der Waals surface area contributed by atoms with Crippen LogP contribution in [-0.2, 0) is 22.7 Å². The van der Waals surface area contributed by atoms with Crippen LogP contribution in [0.3, 0.4) is 0 Å². The number of carbonyl (C=O) groups is 1. The molecule has 0 unspecified atom stereocenters. The van der Waals surface area contributed by atoms with E-state index < -0.39 is 5.41 Å². The molecule has 21 heavy (non-hydrogen) atoms. The number of hydrogen-bond acceptors (Lipinski definition) is 4. The maximum absolute atomic E-state index is 12.6. The average Bonchev–Trinajstić information content (AvgIpc) is 2.54. The largest absolute Gasteiger partial charge is 0.392 e. The number of aliphatic hydroxyl groups is 1. The molecule has 2 rings (SSSR count). The number of benzene rings is 1. The van der Waals surface area contributed by atoms with Crippen molar-refractivity contribution in [2.24, 2.45) is 5.41 Å². The first kappa shape index (κ1) is 15.9. The molecule has 0 aromatic heterocycles. The van der Waals surface area contributed by atoms with Crippen molar-refractivity contribution in [3.8, 4) is 0 Å². The topological polar surface area (TPSA) is 70.6 Å². The van der Waals surface area contributed by atoms with Crippen molar-refractivity contribution in [2.45, 2.75) is 26.0 Å². The standard InChI is InChI=1S/C16H24N2O3/c1-21-12-16(5-7-17-8-6-16)15(20)18-10-13-3-2-4-14(9-13)11-19/h2-4,9,17,19H,5-8,10-12H2,1H3,(H,18,20). The number of nitrogens with one attached hydrogen (secondary N) is 2. The van der Waals surface area contributed by atoms with Gasteiger partial charge < -0.3 is 20.5 Å². The normalized spacial score (nSPS) is 17.4. The van der Waals surface area contributed by atoms with Crippen LogP contribution in [0.2, 0.25) is 0 Å². The van der Waals surface area contributed by atoms with E-state index in [0.717, 1.165) is 37.1 Å². The second-order valence-electron chi connectivity index (χ2n) is 5.62. The first-order chi connectivity index (χ1) is 10.2. The Balaban J connectivity index is 1.98. The minimum atomic E-state index is -0.422. The maximum atomic E-state index is 12.6. The van der Waals surface area contributed by atoms with Gasteiger partial charge in [-0.25, -0.2) is 0 Å². The van der Waals surface area contributed by atoms with E-state index in [-0.39, 0.29) is 12.5 Å². The molecule has 0 bridgehead atoms. The molecule has 3 N–H and O–H groups in total. The molecule has 1 heterocycles. The van der Waals surface area contributed by atoms with E-state index in [1.54, 1.807) is 7.11 Å². The second-order valence-corrected chi connectivity index (χ2v) is 5.62. The Bertz CT molecular complexity index is 465. The average molecular weight is 292 g/mol. The van der Waals surface area contributed by atoms with E-state index in [0.29, 0.717) is 13.2 Å². The molecule has 5 nitrogen and oxygen atoms in total. The minimum absolute atomic E-state index is 0.0149. The molecule has 1 aliphatic rings. The molecule has 0 saturated carbocycles. The minimum Gasteiger partial charge on any atom is -0.392 e. The van der Waals surface area contributed by atoms with Crippen LogP contribution in [-0.4, -0.2) is 37.8 Å². The highest BCUT2D eigenvalue weighted by Gasteiger charge is 2.39. The molecular formula is C16H24N2O3. The van der Waals surface area contributed by atoms with Crippen LogP contribution in [0.25, 0.3) is 0 Å². The lowest BCUT2D eigenvalue weighted by Gasteiger charge is -2.35. The highest BCUT2D eigenvalue weighted by molar-refractivity contribution is 5.83. The van der Waals surface area contributed by atoms with Crippen LogP contribution in [0.15, 0.2) is 24.3 Å². The molecule has 1 aliphatic heterocycles. The Morgan fingerprint density at radius 3 is 2.76 bits per heavy atom. The SMILES string of the molecule is COCC1(C(=O)NCc2cccc(CO)c2)CCNCC1. The van der Waals surface area contributed by atoms with E-state index in [1.807, 2.05) is 24.3 Å². The number of rotatable bonds is 6. The summed E-state index contributed by atoms with van der Waals surface area (Å²) in [5.74, 6) is 0.0558. The predicted octanol–water partition coefficient (Wildman–Crippen LogP) is 0.811. The van der Waals surface area contributed by atoms with Gasteiger partial charge in [0.1, 0.15) is 0 Å². The number of amides is 1.